The van der Waals surface area contributed by atoms with Crippen molar-refractivity contribution >= 4 is 16.2 Å². The second-order valence-electron chi connectivity index (χ2n) is 4.40. The average Bonchev–Trinajstić information content (AvgIpc) is 2.48. The Morgan fingerprint density at radius 3 is 2.29 bits per heavy atom. The molecule has 0 fully saturated rings. The maximum absolute atomic E-state index is 12.0. The third-order valence-corrected chi connectivity index (χ3v) is 4.00. The van der Waals surface area contributed by atoms with Crippen LogP contribution < -0.4 is 4.83 Å². The van der Waals surface area contributed by atoms with Crippen molar-refractivity contribution in [3.8, 4) is 6.07 Å². The van der Waals surface area contributed by atoms with E-state index in [1.54, 1.807) is 36.4 Å². The lowest BCUT2D eigenvalue weighted by Crippen LogP contribution is -2.18. The fourth-order valence-electron chi connectivity index (χ4n) is 1.58. The van der Waals surface area contributed by atoms with E-state index in [-0.39, 0.29) is 4.90 Å². The molecule has 106 valence electrons. The third kappa shape index (κ3) is 3.91. The van der Waals surface area contributed by atoms with Gasteiger partial charge < -0.3 is 0 Å². The summed E-state index contributed by atoms with van der Waals surface area (Å²) in [5, 5.41) is 12.4. The first-order valence-corrected chi connectivity index (χ1v) is 7.61. The molecule has 0 radical (unpaired) electrons. The second-order valence-corrected chi connectivity index (χ2v) is 6.06. The smallest absolute Gasteiger partial charge is 0.200 e. The molecule has 0 saturated heterocycles. The molecule has 0 atom stereocenters. The molecule has 0 aliphatic rings. The molecule has 0 aliphatic carbocycles. The van der Waals surface area contributed by atoms with E-state index in [2.05, 4.69) is 9.93 Å². The van der Waals surface area contributed by atoms with Crippen LogP contribution in [0.2, 0.25) is 0 Å². The monoisotopic (exact) mass is 299 g/mol. The number of sulfonamides is 1. The molecule has 0 unspecified atom stereocenters. The van der Waals surface area contributed by atoms with Gasteiger partial charge in [0.05, 0.1) is 22.7 Å². The fourth-order valence-corrected chi connectivity index (χ4v) is 2.38. The van der Waals surface area contributed by atoms with Gasteiger partial charge >= 0.3 is 0 Å². The first-order chi connectivity index (χ1) is 10.0. The van der Waals surface area contributed by atoms with Gasteiger partial charge in [0.1, 0.15) is 0 Å². The van der Waals surface area contributed by atoms with Crippen LogP contribution in [0.3, 0.4) is 0 Å². The van der Waals surface area contributed by atoms with E-state index < -0.39 is 10.0 Å². The molecule has 0 bridgehead atoms. The van der Waals surface area contributed by atoms with Crippen molar-refractivity contribution in [1.82, 2.24) is 4.83 Å². The predicted octanol–water partition coefficient (Wildman–Crippen LogP) is 2.18. The first kappa shape index (κ1) is 14.8. The maximum atomic E-state index is 12.0. The minimum Gasteiger partial charge on any atom is -0.200 e. The normalized spacial score (nSPS) is 11.2. The van der Waals surface area contributed by atoms with Gasteiger partial charge in [-0.1, -0.05) is 29.8 Å². The van der Waals surface area contributed by atoms with E-state index in [1.165, 1.54) is 18.3 Å². The maximum Gasteiger partial charge on any atom is 0.276 e. The molecule has 0 amide bonds. The van der Waals surface area contributed by atoms with Crippen LogP contribution in [-0.4, -0.2) is 14.6 Å². The van der Waals surface area contributed by atoms with Gasteiger partial charge in [0.15, 0.2) is 0 Å². The summed E-state index contributed by atoms with van der Waals surface area (Å²) in [6, 6.07) is 15.1. The van der Waals surface area contributed by atoms with Crippen LogP contribution in [-0.2, 0) is 10.0 Å². The number of benzene rings is 2. The summed E-state index contributed by atoms with van der Waals surface area (Å²) >= 11 is 0. The number of aryl methyl sites for hydroxylation is 1. The zero-order valence-electron chi connectivity index (χ0n) is 11.3. The van der Waals surface area contributed by atoms with E-state index in [1.807, 2.05) is 13.0 Å². The van der Waals surface area contributed by atoms with Gasteiger partial charge in [-0.3, -0.25) is 0 Å². The van der Waals surface area contributed by atoms with Gasteiger partial charge in [-0.15, -0.1) is 0 Å². The van der Waals surface area contributed by atoms with Gasteiger partial charge in [0.2, 0.25) is 0 Å². The average molecular weight is 299 g/mol. The zero-order chi connectivity index (χ0) is 15.3. The van der Waals surface area contributed by atoms with Crippen LogP contribution in [0.25, 0.3) is 0 Å². The van der Waals surface area contributed by atoms with Gasteiger partial charge in [0.25, 0.3) is 10.0 Å². The molecular weight excluding hydrogens is 286 g/mol. The minimum absolute atomic E-state index is 0.157. The Bertz CT molecular complexity index is 786. The van der Waals surface area contributed by atoms with Crippen molar-refractivity contribution in [2.24, 2.45) is 5.10 Å². The van der Waals surface area contributed by atoms with Gasteiger partial charge in [-0.25, -0.2) is 4.83 Å². The Hall–Kier alpha value is -2.65. The van der Waals surface area contributed by atoms with E-state index in [4.69, 9.17) is 5.26 Å². The second kappa shape index (κ2) is 6.20. The van der Waals surface area contributed by atoms with Crippen molar-refractivity contribution in [1.29, 1.82) is 5.26 Å². The molecule has 5 nitrogen and oxygen atoms in total. The molecule has 2 aromatic carbocycles. The summed E-state index contributed by atoms with van der Waals surface area (Å²) in [5.41, 5.74) is 2.21. The van der Waals surface area contributed by atoms with E-state index in [0.29, 0.717) is 11.1 Å². The van der Waals surface area contributed by atoms with Crippen molar-refractivity contribution in [2.45, 2.75) is 11.8 Å². The van der Waals surface area contributed by atoms with E-state index in [9.17, 15) is 8.42 Å². The van der Waals surface area contributed by atoms with Crippen LogP contribution >= 0.6 is 0 Å². The molecule has 1 N–H and O–H groups in total. The highest BCUT2D eigenvalue weighted by Crippen LogP contribution is 2.09. The van der Waals surface area contributed by atoms with E-state index >= 15 is 0 Å². The number of hydrogen-bond acceptors (Lipinski definition) is 4. The SMILES string of the molecule is Cc1ccc(S(=O)(=O)NN=Cc2ccc(C#N)cc2)cc1. The summed E-state index contributed by atoms with van der Waals surface area (Å²) in [6.45, 7) is 1.88. The lowest BCUT2D eigenvalue weighted by Gasteiger charge is -2.03. The number of rotatable bonds is 4. The Labute approximate surface area is 123 Å². The summed E-state index contributed by atoms with van der Waals surface area (Å²) in [4.78, 5) is 2.31. The largest absolute Gasteiger partial charge is 0.276 e. The van der Waals surface area contributed by atoms with Crippen LogP contribution in [0.4, 0.5) is 0 Å². The highest BCUT2D eigenvalue weighted by atomic mass is 32.2. The van der Waals surface area contributed by atoms with Crippen LogP contribution in [0.5, 0.6) is 0 Å². The van der Waals surface area contributed by atoms with Crippen molar-refractivity contribution < 1.29 is 8.42 Å². The molecule has 0 spiro atoms. The minimum atomic E-state index is -3.66. The summed E-state index contributed by atoms with van der Waals surface area (Å²) in [7, 11) is -3.66. The third-order valence-electron chi connectivity index (χ3n) is 2.76. The van der Waals surface area contributed by atoms with Crippen molar-refractivity contribution in [3.63, 3.8) is 0 Å². The van der Waals surface area contributed by atoms with Crippen LogP contribution in [0.15, 0.2) is 58.5 Å². The topological polar surface area (TPSA) is 82.3 Å². The number of hydrogen-bond donors (Lipinski definition) is 1. The van der Waals surface area contributed by atoms with Crippen LogP contribution in [0.1, 0.15) is 16.7 Å². The summed E-state index contributed by atoms with van der Waals surface area (Å²) < 4.78 is 23.9. The van der Waals surface area contributed by atoms with Gasteiger partial charge in [-0.2, -0.15) is 18.8 Å². The molecule has 0 aliphatic heterocycles. The zero-order valence-corrected chi connectivity index (χ0v) is 12.1. The summed E-state index contributed by atoms with van der Waals surface area (Å²) in [5.74, 6) is 0. The molecule has 2 aromatic rings. The van der Waals surface area contributed by atoms with Crippen LogP contribution in [0, 0.1) is 18.3 Å². The Morgan fingerprint density at radius 2 is 1.71 bits per heavy atom. The molecule has 21 heavy (non-hydrogen) atoms. The lowest BCUT2D eigenvalue weighted by molar-refractivity contribution is 0.584. The molecule has 0 heterocycles. The number of nitrogens with zero attached hydrogens (tertiary/aromatic N) is 2. The summed E-state index contributed by atoms with van der Waals surface area (Å²) in [6.07, 6.45) is 1.38. The molecule has 0 saturated carbocycles. The standard InChI is InChI=1S/C15H13N3O2S/c1-12-2-8-15(9-3-12)21(19,20)18-17-11-14-6-4-13(10-16)5-7-14/h2-9,11,18H,1H3. The quantitative estimate of drug-likeness (QED) is 0.694. The van der Waals surface area contributed by atoms with Crippen molar-refractivity contribution in [2.75, 3.05) is 0 Å². The Morgan fingerprint density at radius 1 is 1.10 bits per heavy atom. The van der Waals surface area contributed by atoms with Gasteiger partial charge in [-0.05, 0) is 36.8 Å². The highest BCUT2D eigenvalue weighted by molar-refractivity contribution is 7.89. The molecular formula is C15H13N3O2S. The molecule has 0 aromatic heterocycles. The predicted molar refractivity (Wildman–Crippen MR) is 80.3 cm³/mol. The number of nitriles is 1. The molecule has 6 heteroatoms. The fraction of sp³-hybridized carbons (Fsp3) is 0.0667. The number of hydrazone groups is 1. The van der Waals surface area contributed by atoms with Crippen molar-refractivity contribution in [3.05, 3.63) is 65.2 Å². The Balaban J connectivity index is 2.09. The van der Waals surface area contributed by atoms with E-state index in [0.717, 1.165) is 5.56 Å². The highest BCUT2D eigenvalue weighted by Gasteiger charge is 2.11. The number of nitrogens with one attached hydrogen (secondary N) is 1. The Kier molecular flexibility index (Phi) is 4.36. The molecule has 2 rings (SSSR count). The first-order valence-electron chi connectivity index (χ1n) is 6.13. The van der Waals surface area contributed by atoms with Gasteiger partial charge in [0, 0.05) is 0 Å². The lowest BCUT2D eigenvalue weighted by atomic mass is 10.2.